The van der Waals surface area contributed by atoms with Crippen LogP contribution in [0.15, 0.2) is 41.1 Å². The lowest BCUT2D eigenvalue weighted by Crippen LogP contribution is -2.55. The molecule has 3 aliphatic rings. The highest BCUT2D eigenvalue weighted by atomic mass is 32.1. The number of amides is 1. The van der Waals surface area contributed by atoms with Crippen molar-refractivity contribution in [2.24, 2.45) is 0 Å². The summed E-state index contributed by atoms with van der Waals surface area (Å²) < 4.78 is 2.32. The zero-order valence-corrected chi connectivity index (χ0v) is 21.1. The number of anilines is 2. The molecular weight excluding hydrogens is 456 g/mol. The van der Waals surface area contributed by atoms with Gasteiger partial charge in [0.15, 0.2) is 0 Å². The smallest absolute Gasteiger partial charge is 0.227 e. The van der Waals surface area contributed by atoms with E-state index in [-0.39, 0.29) is 5.91 Å². The Hall–Kier alpha value is -2.71. The fourth-order valence-electron chi connectivity index (χ4n) is 5.81. The second kappa shape index (κ2) is 10.1. The van der Waals surface area contributed by atoms with Crippen molar-refractivity contribution in [2.75, 3.05) is 42.5 Å². The molecule has 1 atom stereocenters. The molecule has 184 valence electrons. The van der Waals surface area contributed by atoms with Gasteiger partial charge in [-0.1, -0.05) is 18.6 Å². The van der Waals surface area contributed by atoms with E-state index < -0.39 is 0 Å². The molecule has 35 heavy (non-hydrogen) atoms. The molecule has 3 aliphatic heterocycles. The molecule has 3 fully saturated rings. The van der Waals surface area contributed by atoms with Gasteiger partial charge in [0, 0.05) is 50.7 Å². The Morgan fingerprint density at radius 3 is 2.63 bits per heavy atom. The standard InChI is InChI=1S/C27H34N6OS/c34-26-6-2-4-13-32(26)23-9-7-21(8-10-23)18-33-25(17-22-11-16-35-20-22)28-29-27(33)31-15-14-30-12-3-1-5-24(30)19-31/h7-11,16,20,24H,1-6,12-15,17-19H2. The van der Waals surface area contributed by atoms with E-state index in [0.717, 1.165) is 69.4 Å². The maximum Gasteiger partial charge on any atom is 0.227 e. The molecule has 5 heterocycles. The Labute approximate surface area is 211 Å². The molecular formula is C27H34N6OS. The molecule has 0 spiro atoms. The molecule has 8 heteroatoms. The number of piperazine rings is 1. The Balaban J connectivity index is 1.25. The maximum atomic E-state index is 12.3. The predicted octanol–water partition coefficient (Wildman–Crippen LogP) is 4.17. The van der Waals surface area contributed by atoms with E-state index in [0.29, 0.717) is 12.5 Å². The van der Waals surface area contributed by atoms with Crippen molar-refractivity contribution in [3.05, 3.63) is 58.0 Å². The van der Waals surface area contributed by atoms with Crippen LogP contribution >= 0.6 is 11.3 Å². The fraction of sp³-hybridized carbons (Fsp3) is 0.519. The van der Waals surface area contributed by atoms with Crippen LogP contribution < -0.4 is 9.80 Å². The summed E-state index contributed by atoms with van der Waals surface area (Å²) in [7, 11) is 0. The van der Waals surface area contributed by atoms with E-state index in [1.54, 1.807) is 11.3 Å². The summed E-state index contributed by atoms with van der Waals surface area (Å²) >= 11 is 1.73. The van der Waals surface area contributed by atoms with Gasteiger partial charge in [-0.25, -0.2) is 0 Å². The highest BCUT2D eigenvalue weighted by Crippen LogP contribution is 2.27. The molecule has 0 aliphatic carbocycles. The van der Waals surface area contributed by atoms with Gasteiger partial charge in [-0.05, 0) is 72.3 Å². The number of hydrogen-bond acceptors (Lipinski definition) is 6. The molecule has 1 aromatic carbocycles. The van der Waals surface area contributed by atoms with E-state index in [2.05, 4.69) is 60.6 Å². The third kappa shape index (κ3) is 4.86. The first kappa shape index (κ1) is 22.7. The number of aromatic nitrogens is 3. The highest BCUT2D eigenvalue weighted by molar-refractivity contribution is 7.07. The summed E-state index contributed by atoms with van der Waals surface area (Å²) in [5.74, 6) is 2.25. The first-order valence-corrected chi connectivity index (χ1v) is 14.0. The van der Waals surface area contributed by atoms with Gasteiger partial charge in [0.25, 0.3) is 0 Å². The third-order valence-corrected chi connectivity index (χ3v) is 8.51. The van der Waals surface area contributed by atoms with Crippen LogP contribution in [0.1, 0.15) is 55.5 Å². The van der Waals surface area contributed by atoms with Gasteiger partial charge < -0.3 is 9.80 Å². The molecule has 1 amide bonds. The van der Waals surface area contributed by atoms with Crippen molar-refractivity contribution in [3.63, 3.8) is 0 Å². The minimum absolute atomic E-state index is 0.241. The topological polar surface area (TPSA) is 57.5 Å². The molecule has 3 aromatic rings. The SMILES string of the molecule is O=C1CCCCN1c1ccc(Cn2c(Cc3ccsc3)nnc2N2CCN3CCCCC3C2)cc1. The number of nitrogens with zero attached hydrogens (tertiary/aromatic N) is 6. The number of carbonyl (C=O) groups excluding carboxylic acids is 1. The van der Waals surface area contributed by atoms with Gasteiger partial charge in [0.1, 0.15) is 5.82 Å². The average Bonchev–Trinajstić information content (AvgIpc) is 3.55. The quantitative estimate of drug-likeness (QED) is 0.519. The number of benzene rings is 1. The van der Waals surface area contributed by atoms with Crippen LogP contribution in [-0.4, -0.2) is 64.3 Å². The summed E-state index contributed by atoms with van der Waals surface area (Å²) in [6, 6.07) is 11.3. The Kier molecular flexibility index (Phi) is 6.57. The van der Waals surface area contributed by atoms with Crippen LogP contribution in [-0.2, 0) is 17.8 Å². The van der Waals surface area contributed by atoms with Crippen LogP contribution in [0, 0.1) is 0 Å². The first-order chi connectivity index (χ1) is 17.2. The largest absolute Gasteiger partial charge is 0.338 e. The summed E-state index contributed by atoms with van der Waals surface area (Å²) in [5.41, 5.74) is 3.50. The summed E-state index contributed by atoms with van der Waals surface area (Å²) in [5, 5.41) is 13.7. The lowest BCUT2D eigenvalue weighted by molar-refractivity contribution is -0.119. The minimum atomic E-state index is 0.241. The maximum absolute atomic E-state index is 12.3. The van der Waals surface area contributed by atoms with Gasteiger partial charge >= 0.3 is 0 Å². The summed E-state index contributed by atoms with van der Waals surface area (Å²) in [6.45, 7) is 5.94. The van der Waals surface area contributed by atoms with Gasteiger partial charge in [-0.15, -0.1) is 10.2 Å². The van der Waals surface area contributed by atoms with E-state index in [1.165, 1.54) is 36.9 Å². The number of thiophene rings is 1. The summed E-state index contributed by atoms with van der Waals surface area (Å²) in [4.78, 5) is 19.4. The van der Waals surface area contributed by atoms with E-state index in [4.69, 9.17) is 5.10 Å². The highest BCUT2D eigenvalue weighted by Gasteiger charge is 2.31. The van der Waals surface area contributed by atoms with Crippen molar-refractivity contribution >= 4 is 28.9 Å². The lowest BCUT2D eigenvalue weighted by Gasteiger charge is -2.44. The lowest BCUT2D eigenvalue weighted by atomic mass is 10.00. The molecule has 0 radical (unpaired) electrons. The average molecular weight is 491 g/mol. The zero-order chi connectivity index (χ0) is 23.6. The molecule has 2 aromatic heterocycles. The number of carbonyl (C=O) groups is 1. The van der Waals surface area contributed by atoms with E-state index >= 15 is 0 Å². The van der Waals surface area contributed by atoms with Gasteiger partial charge in [-0.3, -0.25) is 14.3 Å². The van der Waals surface area contributed by atoms with Crippen LogP contribution in [0.4, 0.5) is 11.6 Å². The summed E-state index contributed by atoms with van der Waals surface area (Å²) in [6.07, 6.45) is 7.48. The fourth-order valence-corrected chi connectivity index (χ4v) is 6.48. The number of piperidine rings is 2. The number of fused-ring (bicyclic) bond motifs is 1. The first-order valence-electron chi connectivity index (χ1n) is 13.1. The van der Waals surface area contributed by atoms with Gasteiger partial charge in [0.2, 0.25) is 11.9 Å². The Bertz CT molecular complexity index is 1140. The van der Waals surface area contributed by atoms with E-state index in [9.17, 15) is 4.79 Å². The van der Waals surface area contributed by atoms with Crippen molar-refractivity contribution < 1.29 is 4.79 Å². The van der Waals surface area contributed by atoms with E-state index in [1.807, 2.05) is 4.90 Å². The van der Waals surface area contributed by atoms with Gasteiger partial charge in [0.05, 0.1) is 6.54 Å². The van der Waals surface area contributed by atoms with Crippen molar-refractivity contribution in [1.82, 2.24) is 19.7 Å². The monoisotopic (exact) mass is 490 g/mol. The molecule has 1 unspecified atom stereocenters. The number of hydrogen-bond donors (Lipinski definition) is 0. The Morgan fingerprint density at radius 2 is 1.80 bits per heavy atom. The molecule has 0 N–H and O–H groups in total. The number of rotatable bonds is 6. The molecule has 6 rings (SSSR count). The van der Waals surface area contributed by atoms with Crippen LogP contribution in [0.3, 0.4) is 0 Å². The normalized spacial score (nSPS) is 21.4. The molecule has 3 saturated heterocycles. The zero-order valence-electron chi connectivity index (χ0n) is 20.3. The molecule has 7 nitrogen and oxygen atoms in total. The van der Waals surface area contributed by atoms with Crippen LogP contribution in [0.25, 0.3) is 0 Å². The predicted molar refractivity (Wildman–Crippen MR) is 140 cm³/mol. The van der Waals surface area contributed by atoms with Crippen LogP contribution in [0.5, 0.6) is 0 Å². The Morgan fingerprint density at radius 1 is 0.914 bits per heavy atom. The third-order valence-electron chi connectivity index (χ3n) is 7.78. The second-order valence-electron chi connectivity index (χ2n) is 10.1. The minimum Gasteiger partial charge on any atom is -0.338 e. The van der Waals surface area contributed by atoms with Crippen molar-refractivity contribution in [1.29, 1.82) is 0 Å². The van der Waals surface area contributed by atoms with Crippen molar-refractivity contribution in [2.45, 2.75) is 57.5 Å². The van der Waals surface area contributed by atoms with Crippen LogP contribution in [0.2, 0.25) is 0 Å². The molecule has 0 bridgehead atoms. The van der Waals surface area contributed by atoms with Gasteiger partial charge in [-0.2, -0.15) is 11.3 Å². The molecule has 0 saturated carbocycles. The van der Waals surface area contributed by atoms with Crippen molar-refractivity contribution in [3.8, 4) is 0 Å². The second-order valence-corrected chi connectivity index (χ2v) is 10.9.